The van der Waals surface area contributed by atoms with E-state index in [1.165, 1.54) is 7.11 Å². The number of esters is 2. The quantitative estimate of drug-likeness (QED) is 0.559. The Morgan fingerprint density at radius 2 is 1.89 bits per heavy atom. The molecule has 28 heavy (non-hydrogen) atoms. The molecule has 146 valence electrons. The van der Waals surface area contributed by atoms with E-state index in [0.717, 1.165) is 11.1 Å². The van der Waals surface area contributed by atoms with Crippen molar-refractivity contribution >= 4 is 11.9 Å². The largest absolute Gasteiger partial charge is 0.468 e. The van der Waals surface area contributed by atoms with Gasteiger partial charge in [0.25, 0.3) is 0 Å². The number of carbonyl (C=O) groups is 2. The molecule has 2 aliphatic rings. The molecular weight excluding hydrogens is 364 g/mol. The van der Waals surface area contributed by atoms with Crippen molar-refractivity contribution in [3.05, 3.63) is 59.7 Å². The smallest absolute Gasteiger partial charge is 0.320 e. The third kappa shape index (κ3) is 3.53. The lowest BCUT2D eigenvalue weighted by Gasteiger charge is -2.25. The average molecular weight is 384 g/mol. The van der Waals surface area contributed by atoms with Crippen LogP contribution in [0.1, 0.15) is 17.2 Å². The predicted molar refractivity (Wildman–Crippen MR) is 96.5 cm³/mol. The summed E-state index contributed by atoms with van der Waals surface area (Å²) < 4.78 is 27.0. The Hall–Kier alpha value is -3.06. The van der Waals surface area contributed by atoms with E-state index in [4.69, 9.17) is 23.7 Å². The first-order valence-corrected chi connectivity index (χ1v) is 8.97. The molecule has 0 aromatic heterocycles. The highest BCUT2D eigenvalue weighted by atomic mass is 16.7. The van der Waals surface area contributed by atoms with Gasteiger partial charge in [0.05, 0.1) is 26.4 Å². The second-order valence-corrected chi connectivity index (χ2v) is 6.62. The van der Waals surface area contributed by atoms with Gasteiger partial charge in [-0.1, -0.05) is 36.4 Å². The highest BCUT2D eigenvalue weighted by Gasteiger charge is 2.48. The molecule has 1 fully saturated rings. The van der Waals surface area contributed by atoms with Gasteiger partial charge in [0, 0.05) is 5.92 Å². The summed E-state index contributed by atoms with van der Waals surface area (Å²) in [5.74, 6) is -1.51. The molecule has 7 nitrogen and oxygen atoms in total. The highest BCUT2D eigenvalue weighted by molar-refractivity contribution is 5.96. The lowest BCUT2D eigenvalue weighted by atomic mass is 9.86. The Bertz CT molecular complexity index is 864. The minimum Gasteiger partial charge on any atom is -0.468 e. The van der Waals surface area contributed by atoms with E-state index in [1.807, 2.05) is 42.5 Å². The van der Waals surface area contributed by atoms with Crippen LogP contribution in [-0.2, 0) is 30.4 Å². The Balaban J connectivity index is 1.64. The monoisotopic (exact) mass is 384 g/mol. The molecule has 2 heterocycles. The SMILES string of the molecule is COC(=O)[C@H]1C(=O)OC[C@@H]1[C@@H](OCc1ccccc1)c1ccc2c(c1)OCO2. The van der Waals surface area contributed by atoms with Gasteiger partial charge in [0.1, 0.15) is 0 Å². The first-order valence-electron chi connectivity index (χ1n) is 8.97. The Morgan fingerprint density at radius 3 is 2.68 bits per heavy atom. The van der Waals surface area contributed by atoms with Gasteiger partial charge in [-0.2, -0.15) is 0 Å². The van der Waals surface area contributed by atoms with E-state index in [1.54, 1.807) is 6.07 Å². The second-order valence-electron chi connectivity index (χ2n) is 6.62. The topological polar surface area (TPSA) is 80.3 Å². The summed E-state index contributed by atoms with van der Waals surface area (Å²) in [4.78, 5) is 24.4. The van der Waals surface area contributed by atoms with Crippen LogP contribution in [0.15, 0.2) is 48.5 Å². The summed E-state index contributed by atoms with van der Waals surface area (Å²) in [5.41, 5.74) is 1.76. The summed E-state index contributed by atoms with van der Waals surface area (Å²) in [6.07, 6.45) is -0.565. The lowest BCUT2D eigenvalue weighted by molar-refractivity contribution is -0.156. The number of rotatable bonds is 6. The lowest BCUT2D eigenvalue weighted by Crippen LogP contribution is -2.31. The zero-order valence-electron chi connectivity index (χ0n) is 15.3. The minimum atomic E-state index is -1.03. The van der Waals surface area contributed by atoms with Gasteiger partial charge in [0.15, 0.2) is 17.4 Å². The fraction of sp³-hybridized carbons (Fsp3) is 0.333. The summed E-state index contributed by atoms with van der Waals surface area (Å²) in [5, 5.41) is 0. The summed E-state index contributed by atoms with van der Waals surface area (Å²) in [6, 6.07) is 15.1. The molecule has 0 saturated carbocycles. The Morgan fingerprint density at radius 1 is 1.11 bits per heavy atom. The normalized spacial score (nSPS) is 21.2. The molecule has 0 bridgehead atoms. The van der Waals surface area contributed by atoms with Crippen LogP contribution in [-0.4, -0.2) is 32.4 Å². The van der Waals surface area contributed by atoms with Crippen molar-refractivity contribution in [1.29, 1.82) is 0 Å². The molecule has 3 atom stereocenters. The van der Waals surface area contributed by atoms with Crippen molar-refractivity contribution in [1.82, 2.24) is 0 Å². The highest BCUT2D eigenvalue weighted by Crippen LogP contribution is 2.41. The Kier molecular flexibility index (Phi) is 5.16. The fourth-order valence-electron chi connectivity index (χ4n) is 3.52. The minimum absolute atomic E-state index is 0.0759. The molecule has 2 aromatic carbocycles. The second kappa shape index (κ2) is 7.90. The number of cyclic esters (lactones) is 1. The molecule has 0 radical (unpaired) electrons. The molecule has 0 N–H and O–H groups in total. The van der Waals surface area contributed by atoms with Gasteiger partial charge in [0.2, 0.25) is 6.79 Å². The van der Waals surface area contributed by atoms with E-state index in [-0.39, 0.29) is 13.4 Å². The van der Waals surface area contributed by atoms with Crippen LogP contribution in [0.5, 0.6) is 11.5 Å². The van der Waals surface area contributed by atoms with E-state index in [0.29, 0.717) is 18.1 Å². The zero-order chi connectivity index (χ0) is 19.5. The van der Waals surface area contributed by atoms with Crippen LogP contribution in [0.3, 0.4) is 0 Å². The van der Waals surface area contributed by atoms with Gasteiger partial charge < -0.3 is 23.7 Å². The molecular formula is C21H20O7. The molecule has 7 heteroatoms. The summed E-state index contributed by atoms with van der Waals surface area (Å²) >= 11 is 0. The maximum atomic E-state index is 12.2. The van der Waals surface area contributed by atoms with E-state index in [2.05, 4.69) is 0 Å². The van der Waals surface area contributed by atoms with Crippen LogP contribution in [0.2, 0.25) is 0 Å². The third-order valence-electron chi connectivity index (χ3n) is 4.94. The van der Waals surface area contributed by atoms with Gasteiger partial charge >= 0.3 is 11.9 Å². The van der Waals surface area contributed by atoms with Crippen LogP contribution >= 0.6 is 0 Å². The molecule has 2 aromatic rings. The van der Waals surface area contributed by atoms with E-state index >= 15 is 0 Å². The maximum absolute atomic E-state index is 12.2. The number of hydrogen-bond acceptors (Lipinski definition) is 7. The molecule has 0 unspecified atom stereocenters. The van der Waals surface area contributed by atoms with Crippen LogP contribution in [0.4, 0.5) is 0 Å². The first-order chi connectivity index (χ1) is 13.7. The van der Waals surface area contributed by atoms with Crippen molar-refractivity contribution in [3.8, 4) is 11.5 Å². The average Bonchev–Trinajstić information content (AvgIpc) is 3.35. The summed E-state index contributed by atoms with van der Waals surface area (Å²) in [7, 11) is 1.26. The number of fused-ring (bicyclic) bond motifs is 1. The van der Waals surface area contributed by atoms with Crippen molar-refractivity contribution in [3.63, 3.8) is 0 Å². The number of hydrogen-bond donors (Lipinski definition) is 0. The molecule has 0 amide bonds. The summed E-state index contributed by atoms with van der Waals surface area (Å²) in [6.45, 7) is 0.551. The van der Waals surface area contributed by atoms with Crippen LogP contribution in [0, 0.1) is 11.8 Å². The Labute approximate surface area is 162 Å². The van der Waals surface area contributed by atoms with Crippen LogP contribution in [0.25, 0.3) is 0 Å². The van der Waals surface area contributed by atoms with Crippen LogP contribution < -0.4 is 9.47 Å². The zero-order valence-corrected chi connectivity index (χ0v) is 15.3. The maximum Gasteiger partial charge on any atom is 0.320 e. The number of ether oxygens (including phenoxy) is 5. The van der Waals surface area contributed by atoms with Gasteiger partial charge in [-0.25, -0.2) is 0 Å². The number of methoxy groups -OCH3 is 1. The first kappa shape index (κ1) is 18.3. The molecule has 4 rings (SSSR count). The standard InChI is InChI=1S/C21H20O7/c1-24-20(22)18-15(11-26-21(18)23)19(25-10-13-5-3-2-4-6-13)14-7-8-16-17(9-14)28-12-27-16/h2-9,15,18-19H,10-12H2,1H3/t15-,18-,19-/m0/s1. The molecule has 1 saturated heterocycles. The van der Waals surface area contributed by atoms with Gasteiger partial charge in [-0.3, -0.25) is 9.59 Å². The van der Waals surface area contributed by atoms with Gasteiger partial charge in [-0.15, -0.1) is 0 Å². The van der Waals surface area contributed by atoms with E-state index in [9.17, 15) is 9.59 Å². The van der Waals surface area contributed by atoms with Crippen molar-refractivity contribution in [2.24, 2.45) is 11.8 Å². The molecule has 0 spiro atoms. The van der Waals surface area contributed by atoms with Crippen molar-refractivity contribution in [2.45, 2.75) is 12.7 Å². The van der Waals surface area contributed by atoms with Crippen molar-refractivity contribution < 1.29 is 33.3 Å². The van der Waals surface area contributed by atoms with Gasteiger partial charge in [-0.05, 0) is 23.3 Å². The van der Waals surface area contributed by atoms with E-state index < -0.39 is 29.9 Å². The molecule has 0 aliphatic carbocycles. The molecule has 2 aliphatic heterocycles. The fourth-order valence-corrected chi connectivity index (χ4v) is 3.52. The third-order valence-corrected chi connectivity index (χ3v) is 4.94. The predicted octanol–water partition coefficient (Wildman–Crippen LogP) is 2.64. The van der Waals surface area contributed by atoms with Crippen molar-refractivity contribution in [2.75, 3.05) is 20.5 Å². The number of carbonyl (C=O) groups excluding carboxylic acids is 2. The number of benzene rings is 2.